The molecule has 11 nitrogen and oxygen atoms in total. The van der Waals surface area contributed by atoms with Gasteiger partial charge in [0.15, 0.2) is 0 Å². The summed E-state index contributed by atoms with van der Waals surface area (Å²) < 4.78 is 18.8. The fourth-order valence-electron chi connectivity index (χ4n) is 9.50. The molecule has 2 fully saturated rings. The lowest BCUT2D eigenvalue weighted by Crippen LogP contribution is -2.65. The molecule has 2 saturated heterocycles. The number of aryl methyl sites for hydroxylation is 4. The lowest BCUT2D eigenvalue weighted by Gasteiger charge is -2.55. The van der Waals surface area contributed by atoms with E-state index in [-0.39, 0.29) is 48.8 Å². The molecule has 0 spiro atoms. The van der Waals surface area contributed by atoms with Gasteiger partial charge < -0.3 is 29.1 Å². The van der Waals surface area contributed by atoms with Crippen molar-refractivity contribution >= 4 is 29.7 Å². The second kappa shape index (κ2) is 15.5. The number of aromatic hydroxyl groups is 1. The highest BCUT2D eigenvalue weighted by Gasteiger charge is 2.58. The smallest absolute Gasteiger partial charge is 0.363 e. The number of hydrogen-bond acceptors (Lipinski definition) is 9. The van der Waals surface area contributed by atoms with Gasteiger partial charge >= 0.3 is 23.5 Å². The van der Waals surface area contributed by atoms with Crippen molar-refractivity contribution in [1.29, 1.82) is 0 Å². The lowest BCUT2D eigenvalue weighted by molar-refractivity contribution is -0.199. The van der Waals surface area contributed by atoms with Crippen molar-refractivity contribution in [2.24, 2.45) is 0 Å². The van der Waals surface area contributed by atoms with E-state index in [0.717, 1.165) is 11.1 Å². The van der Waals surface area contributed by atoms with Crippen LogP contribution in [0.5, 0.6) is 5.75 Å². The summed E-state index contributed by atoms with van der Waals surface area (Å²) in [7, 11) is 0. The van der Waals surface area contributed by atoms with Gasteiger partial charge in [-0.3, -0.25) is 9.59 Å². The molecule has 2 amide bonds. The Balaban J connectivity index is 1.88. The molecule has 0 unspecified atom stereocenters. The molecular formula is C45H60N2O9. The maximum absolute atomic E-state index is 15.1. The molecule has 4 rings (SSSR count). The van der Waals surface area contributed by atoms with Gasteiger partial charge in [-0.25, -0.2) is 14.4 Å². The summed E-state index contributed by atoms with van der Waals surface area (Å²) in [5.41, 5.74) is -2.78. The maximum atomic E-state index is 15.1. The first-order valence-corrected chi connectivity index (χ1v) is 19.2. The molecule has 0 saturated carbocycles. The van der Waals surface area contributed by atoms with Crippen LogP contribution in [-0.2, 0) is 39.8 Å². The number of amides is 2. The molecule has 0 bridgehead atoms. The molecule has 0 aliphatic carbocycles. The van der Waals surface area contributed by atoms with Crippen LogP contribution < -0.4 is 0 Å². The minimum Gasteiger partial charge on any atom is -0.507 e. The van der Waals surface area contributed by atoms with E-state index in [1.54, 1.807) is 47.9 Å². The van der Waals surface area contributed by atoms with Crippen LogP contribution in [0.2, 0.25) is 0 Å². The highest BCUT2D eigenvalue weighted by molar-refractivity contribution is 6.07. The fourth-order valence-corrected chi connectivity index (χ4v) is 9.50. The molecule has 0 radical (unpaired) electrons. The monoisotopic (exact) mass is 772 g/mol. The van der Waals surface area contributed by atoms with Crippen molar-refractivity contribution < 1.29 is 43.3 Å². The number of phenols is 1. The van der Waals surface area contributed by atoms with E-state index in [0.29, 0.717) is 16.7 Å². The Morgan fingerprint density at radius 1 is 0.679 bits per heavy atom. The zero-order valence-electron chi connectivity index (χ0n) is 35.3. The molecule has 2 aliphatic heterocycles. The van der Waals surface area contributed by atoms with Crippen LogP contribution in [0.4, 0.5) is 0 Å². The van der Waals surface area contributed by atoms with Crippen molar-refractivity contribution in [3.05, 3.63) is 89.0 Å². The SMILES string of the molecule is C=CC(=O)N1C(C)(C)CC(OC(=O)C(Cc2cc(C)c(O)c(C)c2)(OC(=O)c2cc(C)cc(C)c2)C(=O)OC2CC(C)(C)N(C(=O)C=C)C(C)(C)C2)CC1(C)C. The number of nitrogens with zero attached hydrogens (tertiary/aromatic N) is 2. The van der Waals surface area contributed by atoms with Crippen LogP contribution in [-0.4, -0.2) is 84.6 Å². The average Bonchev–Trinajstić information content (AvgIpc) is 3.03. The summed E-state index contributed by atoms with van der Waals surface area (Å²) in [6.07, 6.45) is 1.30. The van der Waals surface area contributed by atoms with Gasteiger partial charge in [-0.05, 0) is 124 Å². The molecule has 56 heavy (non-hydrogen) atoms. The standard InChI is InChI=1S/C45H60N2O9/c1-15-35(48)46-41(7,8)23-33(24-42(46,9)10)54-39(52)45(22-31-20-29(5)37(50)30(6)21-31,56-38(51)32-18-27(3)17-28(4)19-32)40(53)55-34-25-43(11,12)47(36(49)16-2)44(13,14)26-34/h15-21,33-34,50H,1-2,22-26H2,3-14H3. The van der Waals surface area contributed by atoms with Crippen LogP contribution >= 0.6 is 0 Å². The summed E-state index contributed by atoms with van der Waals surface area (Å²) in [5.74, 6) is -3.67. The number of rotatable bonds is 10. The van der Waals surface area contributed by atoms with Crippen LogP contribution in [0.15, 0.2) is 55.6 Å². The Labute approximate surface area is 332 Å². The van der Waals surface area contributed by atoms with Gasteiger partial charge in [-0.1, -0.05) is 42.5 Å². The first-order chi connectivity index (χ1) is 25.7. The average molecular weight is 773 g/mol. The molecule has 1 N–H and O–H groups in total. The fraction of sp³-hybridized carbons (Fsp3) is 0.533. The summed E-state index contributed by atoms with van der Waals surface area (Å²) in [6, 6.07) is 8.36. The molecular weight excluding hydrogens is 712 g/mol. The number of ether oxygens (including phenoxy) is 3. The van der Waals surface area contributed by atoms with Crippen molar-refractivity contribution in [3.63, 3.8) is 0 Å². The number of hydrogen-bond donors (Lipinski definition) is 1. The minimum atomic E-state index is -2.66. The maximum Gasteiger partial charge on any atom is 0.363 e. The Hall–Kier alpha value is -4.93. The van der Waals surface area contributed by atoms with Crippen molar-refractivity contribution in [2.75, 3.05) is 0 Å². The van der Waals surface area contributed by atoms with Gasteiger partial charge in [0.05, 0.1) is 5.56 Å². The predicted octanol–water partition coefficient (Wildman–Crippen LogP) is 7.32. The largest absolute Gasteiger partial charge is 0.507 e. The van der Waals surface area contributed by atoms with Crippen molar-refractivity contribution in [3.8, 4) is 5.75 Å². The van der Waals surface area contributed by atoms with E-state index >= 15 is 9.59 Å². The van der Waals surface area contributed by atoms with E-state index in [9.17, 15) is 19.5 Å². The molecule has 2 aliphatic rings. The van der Waals surface area contributed by atoms with Gasteiger partial charge in [0.25, 0.3) is 0 Å². The Bertz CT molecular complexity index is 1790. The molecule has 304 valence electrons. The van der Waals surface area contributed by atoms with Gasteiger partial charge in [-0.15, -0.1) is 0 Å². The molecule has 2 heterocycles. The summed E-state index contributed by atoms with van der Waals surface area (Å²) in [4.78, 5) is 74.0. The molecule has 0 aromatic heterocycles. The number of esters is 3. The summed E-state index contributed by atoms with van der Waals surface area (Å²) >= 11 is 0. The zero-order valence-corrected chi connectivity index (χ0v) is 35.3. The van der Waals surface area contributed by atoms with Gasteiger partial charge in [0.1, 0.15) is 18.0 Å². The van der Waals surface area contributed by atoms with Crippen LogP contribution in [0.3, 0.4) is 0 Å². The summed E-state index contributed by atoms with van der Waals surface area (Å²) in [5, 5.41) is 10.6. The quantitative estimate of drug-likeness (QED) is 0.114. The molecule has 2 aromatic rings. The number of carbonyl (C=O) groups is 5. The third-order valence-corrected chi connectivity index (χ3v) is 11.1. The van der Waals surface area contributed by atoms with Crippen molar-refractivity contribution in [1.82, 2.24) is 9.80 Å². The number of benzene rings is 2. The third-order valence-electron chi connectivity index (χ3n) is 11.1. The second-order valence-electron chi connectivity index (χ2n) is 18.2. The first kappa shape index (κ1) is 43.8. The lowest BCUT2D eigenvalue weighted by atomic mass is 9.77. The number of likely N-dealkylation sites (tertiary alicyclic amines) is 2. The molecule has 11 heteroatoms. The topological polar surface area (TPSA) is 140 Å². The van der Waals surface area contributed by atoms with Gasteiger partial charge in [0.2, 0.25) is 11.8 Å². The van der Waals surface area contributed by atoms with Gasteiger partial charge in [0, 0.05) is 54.3 Å². The van der Waals surface area contributed by atoms with Crippen molar-refractivity contribution in [2.45, 2.75) is 155 Å². The molecule has 0 atom stereocenters. The Morgan fingerprint density at radius 3 is 1.38 bits per heavy atom. The minimum absolute atomic E-state index is 0.0484. The highest BCUT2D eigenvalue weighted by Crippen LogP contribution is 2.43. The second-order valence-corrected chi connectivity index (χ2v) is 18.2. The van der Waals surface area contributed by atoms with Crippen LogP contribution in [0.1, 0.15) is 119 Å². The normalized spacial score (nSPS) is 19.1. The zero-order chi connectivity index (χ0) is 42.3. The Kier molecular flexibility index (Phi) is 12.2. The Morgan fingerprint density at radius 2 is 1.04 bits per heavy atom. The van der Waals surface area contributed by atoms with Crippen LogP contribution in [0.25, 0.3) is 0 Å². The number of phenolic OH excluding ortho intramolecular Hbond substituents is 1. The van der Waals surface area contributed by atoms with Crippen LogP contribution in [0, 0.1) is 27.7 Å². The number of carbonyl (C=O) groups excluding carboxylic acids is 5. The molecule has 2 aromatic carbocycles. The van der Waals surface area contributed by atoms with E-state index < -0.39 is 64.3 Å². The van der Waals surface area contributed by atoms with E-state index in [1.165, 1.54) is 12.2 Å². The number of piperidine rings is 2. The van der Waals surface area contributed by atoms with E-state index in [4.69, 9.17) is 14.2 Å². The van der Waals surface area contributed by atoms with E-state index in [1.807, 2.05) is 75.3 Å². The van der Waals surface area contributed by atoms with E-state index in [2.05, 4.69) is 13.2 Å². The van der Waals surface area contributed by atoms with Gasteiger partial charge in [-0.2, -0.15) is 0 Å². The highest BCUT2D eigenvalue weighted by atomic mass is 16.6. The predicted molar refractivity (Wildman–Crippen MR) is 214 cm³/mol. The third kappa shape index (κ3) is 8.87. The first-order valence-electron chi connectivity index (χ1n) is 19.2. The summed E-state index contributed by atoms with van der Waals surface area (Å²) in [6.45, 7) is 29.3.